The van der Waals surface area contributed by atoms with Gasteiger partial charge in [0.2, 0.25) is 0 Å². The molecule has 104 valence electrons. The maximum Gasteiger partial charge on any atom is 0.335 e. The number of para-hydroxylation sites is 1. The maximum absolute atomic E-state index is 10.9. The van der Waals surface area contributed by atoms with Crippen molar-refractivity contribution in [2.75, 3.05) is 0 Å². The Morgan fingerprint density at radius 1 is 0.952 bits per heavy atom. The fourth-order valence-electron chi connectivity index (χ4n) is 2.18. The molecule has 2 aromatic carbocycles. The Balaban J connectivity index is 1.95. The number of carbonyl (C=O) groups is 1. The van der Waals surface area contributed by atoms with Crippen molar-refractivity contribution in [3.63, 3.8) is 0 Å². The van der Waals surface area contributed by atoms with Crippen LogP contribution in [0.15, 0.2) is 67.0 Å². The van der Waals surface area contributed by atoms with E-state index in [1.165, 1.54) is 0 Å². The van der Waals surface area contributed by atoms with Gasteiger partial charge in [-0.1, -0.05) is 35.9 Å². The first-order chi connectivity index (χ1) is 10.1. The zero-order chi connectivity index (χ0) is 14.8. The van der Waals surface area contributed by atoms with Crippen molar-refractivity contribution >= 4 is 17.6 Å². The quantitative estimate of drug-likeness (QED) is 0.773. The minimum absolute atomic E-state index is 0.282. The van der Waals surface area contributed by atoms with E-state index in [0.717, 1.165) is 16.8 Å². The van der Waals surface area contributed by atoms with E-state index >= 15 is 0 Å². The van der Waals surface area contributed by atoms with Gasteiger partial charge < -0.3 is 9.67 Å². The third-order valence-corrected chi connectivity index (χ3v) is 3.61. The summed E-state index contributed by atoms with van der Waals surface area (Å²) in [4.78, 5) is 10.9. The highest BCUT2D eigenvalue weighted by atomic mass is 35.5. The summed E-state index contributed by atoms with van der Waals surface area (Å²) in [5, 5.41) is 9.59. The third-order valence-electron chi connectivity index (χ3n) is 3.29. The molecule has 0 amide bonds. The predicted octanol–water partition coefficient (Wildman–Crippen LogP) is 4.50. The first kappa shape index (κ1) is 13.5. The number of aromatic carboxylic acids is 1. The van der Waals surface area contributed by atoms with E-state index in [1.54, 1.807) is 24.3 Å². The topological polar surface area (TPSA) is 42.2 Å². The molecule has 0 aliphatic heterocycles. The number of halogens is 1. The molecule has 0 aliphatic rings. The van der Waals surface area contributed by atoms with Gasteiger partial charge in [0.25, 0.3) is 0 Å². The van der Waals surface area contributed by atoms with E-state index in [-0.39, 0.29) is 5.56 Å². The fourth-order valence-corrected chi connectivity index (χ4v) is 2.42. The standard InChI is InChI=1S/C17H12ClNO2/c18-15-3-1-2-4-16(15)19-10-9-14(11-19)12-5-7-13(8-6-12)17(20)21/h1-11H,(H,20,21). The van der Waals surface area contributed by atoms with Crippen LogP contribution in [-0.2, 0) is 0 Å². The van der Waals surface area contributed by atoms with Crippen molar-refractivity contribution in [2.24, 2.45) is 0 Å². The monoisotopic (exact) mass is 297 g/mol. The summed E-state index contributed by atoms with van der Waals surface area (Å²) in [6, 6.07) is 16.4. The molecule has 3 nitrogen and oxygen atoms in total. The summed E-state index contributed by atoms with van der Waals surface area (Å²) in [7, 11) is 0. The van der Waals surface area contributed by atoms with Crippen LogP contribution in [0.1, 0.15) is 10.4 Å². The van der Waals surface area contributed by atoms with Crippen LogP contribution >= 0.6 is 11.6 Å². The summed E-state index contributed by atoms with van der Waals surface area (Å²) in [6.45, 7) is 0. The number of aromatic nitrogens is 1. The van der Waals surface area contributed by atoms with Crippen LogP contribution in [0.3, 0.4) is 0 Å². The largest absolute Gasteiger partial charge is 0.478 e. The second-order valence-corrected chi connectivity index (χ2v) is 5.05. The molecule has 1 aromatic heterocycles. The number of rotatable bonds is 3. The van der Waals surface area contributed by atoms with Crippen molar-refractivity contribution < 1.29 is 9.90 Å². The molecule has 0 unspecified atom stereocenters. The lowest BCUT2D eigenvalue weighted by atomic mass is 10.1. The molecule has 3 aromatic rings. The highest BCUT2D eigenvalue weighted by Gasteiger charge is 2.06. The normalized spacial score (nSPS) is 10.5. The number of benzene rings is 2. The van der Waals surface area contributed by atoms with Gasteiger partial charge in [0.1, 0.15) is 0 Å². The van der Waals surface area contributed by atoms with Gasteiger partial charge in [-0.25, -0.2) is 4.79 Å². The van der Waals surface area contributed by atoms with Crippen molar-refractivity contribution in [3.8, 4) is 16.8 Å². The number of hydrogen-bond donors (Lipinski definition) is 1. The van der Waals surface area contributed by atoms with Gasteiger partial charge in [0.05, 0.1) is 16.3 Å². The Morgan fingerprint density at radius 2 is 1.67 bits per heavy atom. The molecule has 3 rings (SSSR count). The number of hydrogen-bond acceptors (Lipinski definition) is 1. The highest BCUT2D eigenvalue weighted by molar-refractivity contribution is 6.32. The fraction of sp³-hybridized carbons (Fsp3) is 0. The zero-order valence-corrected chi connectivity index (χ0v) is 11.8. The van der Waals surface area contributed by atoms with Gasteiger partial charge in [-0.2, -0.15) is 0 Å². The number of carboxylic acid groups (broad SMARTS) is 1. The maximum atomic E-state index is 10.9. The molecule has 1 N–H and O–H groups in total. The smallest absolute Gasteiger partial charge is 0.335 e. The average Bonchev–Trinajstić information content (AvgIpc) is 2.97. The second kappa shape index (κ2) is 5.46. The van der Waals surface area contributed by atoms with Gasteiger partial charge in [-0.05, 0) is 41.5 Å². The molecule has 0 bridgehead atoms. The Hall–Kier alpha value is -2.52. The Labute approximate surface area is 127 Å². The van der Waals surface area contributed by atoms with E-state index in [2.05, 4.69) is 0 Å². The lowest BCUT2D eigenvalue weighted by molar-refractivity contribution is 0.0697. The van der Waals surface area contributed by atoms with Crippen LogP contribution in [0.5, 0.6) is 0 Å². The third kappa shape index (κ3) is 2.69. The highest BCUT2D eigenvalue weighted by Crippen LogP contribution is 2.25. The zero-order valence-electron chi connectivity index (χ0n) is 11.0. The van der Waals surface area contributed by atoms with Crippen molar-refractivity contribution in [3.05, 3.63) is 77.6 Å². The minimum Gasteiger partial charge on any atom is -0.478 e. The number of nitrogens with zero attached hydrogens (tertiary/aromatic N) is 1. The lowest BCUT2D eigenvalue weighted by Gasteiger charge is -2.04. The van der Waals surface area contributed by atoms with E-state index in [0.29, 0.717) is 5.02 Å². The second-order valence-electron chi connectivity index (χ2n) is 4.64. The molecular formula is C17H12ClNO2. The first-order valence-electron chi connectivity index (χ1n) is 6.42. The predicted molar refractivity (Wildman–Crippen MR) is 83.2 cm³/mol. The molecule has 0 aliphatic carbocycles. The van der Waals surface area contributed by atoms with E-state index in [1.807, 2.05) is 47.3 Å². The molecule has 0 atom stereocenters. The first-order valence-corrected chi connectivity index (χ1v) is 6.79. The SMILES string of the molecule is O=C(O)c1ccc(-c2ccn(-c3ccccc3Cl)c2)cc1. The van der Waals surface area contributed by atoms with Gasteiger partial charge >= 0.3 is 5.97 Å². The Kier molecular flexibility index (Phi) is 3.50. The van der Waals surface area contributed by atoms with Crippen LogP contribution in [0, 0.1) is 0 Å². The molecule has 4 heteroatoms. The van der Waals surface area contributed by atoms with Crippen LogP contribution < -0.4 is 0 Å². The summed E-state index contributed by atoms with van der Waals surface area (Å²) >= 11 is 6.18. The van der Waals surface area contributed by atoms with E-state index < -0.39 is 5.97 Å². The van der Waals surface area contributed by atoms with Crippen molar-refractivity contribution in [1.82, 2.24) is 4.57 Å². The molecule has 1 heterocycles. The molecule has 0 spiro atoms. The van der Waals surface area contributed by atoms with Gasteiger partial charge in [0.15, 0.2) is 0 Å². The van der Waals surface area contributed by atoms with Crippen LogP contribution in [0.25, 0.3) is 16.8 Å². The minimum atomic E-state index is -0.921. The number of carboxylic acids is 1. The summed E-state index contributed by atoms with van der Waals surface area (Å²) in [5.74, 6) is -0.921. The summed E-state index contributed by atoms with van der Waals surface area (Å²) < 4.78 is 1.95. The Bertz CT molecular complexity index is 791. The van der Waals surface area contributed by atoms with Gasteiger partial charge in [-0.15, -0.1) is 0 Å². The van der Waals surface area contributed by atoms with Gasteiger partial charge in [0, 0.05) is 12.4 Å². The summed E-state index contributed by atoms with van der Waals surface area (Å²) in [5.41, 5.74) is 3.16. The lowest BCUT2D eigenvalue weighted by Crippen LogP contribution is -1.94. The van der Waals surface area contributed by atoms with Crippen LogP contribution in [-0.4, -0.2) is 15.6 Å². The molecule has 0 saturated heterocycles. The molecule has 0 saturated carbocycles. The molecular weight excluding hydrogens is 286 g/mol. The molecule has 0 radical (unpaired) electrons. The average molecular weight is 298 g/mol. The van der Waals surface area contributed by atoms with Crippen molar-refractivity contribution in [1.29, 1.82) is 0 Å². The molecule has 0 fully saturated rings. The molecule has 21 heavy (non-hydrogen) atoms. The van der Waals surface area contributed by atoms with Crippen LogP contribution in [0.2, 0.25) is 5.02 Å². The Morgan fingerprint density at radius 3 is 2.33 bits per heavy atom. The van der Waals surface area contributed by atoms with E-state index in [9.17, 15) is 4.79 Å². The van der Waals surface area contributed by atoms with Gasteiger partial charge in [-0.3, -0.25) is 0 Å². The summed E-state index contributed by atoms with van der Waals surface area (Å²) in [6.07, 6.45) is 3.90. The van der Waals surface area contributed by atoms with E-state index in [4.69, 9.17) is 16.7 Å². The van der Waals surface area contributed by atoms with Crippen molar-refractivity contribution in [2.45, 2.75) is 0 Å². The van der Waals surface area contributed by atoms with Crippen LogP contribution in [0.4, 0.5) is 0 Å².